The second-order valence-electron chi connectivity index (χ2n) is 5.60. The lowest BCUT2D eigenvalue weighted by Crippen LogP contribution is -2.13. The molecule has 0 aliphatic carbocycles. The predicted octanol–water partition coefficient (Wildman–Crippen LogP) is 2.66. The average molecular weight is 325 g/mol. The number of hydrogen-bond donors (Lipinski definition) is 1. The van der Waals surface area contributed by atoms with E-state index in [1.54, 1.807) is 4.68 Å². The van der Waals surface area contributed by atoms with E-state index in [9.17, 15) is 4.79 Å². The fourth-order valence-corrected chi connectivity index (χ4v) is 2.44. The average Bonchev–Trinajstić information content (AvgIpc) is 3.15. The maximum Gasteiger partial charge on any atom is 0.227 e. The third kappa shape index (κ3) is 3.34. The van der Waals surface area contributed by atoms with E-state index >= 15 is 0 Å². The normalized spacial score (nSPS) is 10.8. The van der Waals surface area contributed by atoms with Crippen LogP contribution in [-0.4, -0.2) is 25.8 Å². The maximum atomic E-state index is 12.1. The molecule has 0 bridgehead atoms. The maximum absolute atomic E-state index is 12.1. The van der Waals surface area contributed by atoms with E-state index in [0.717, 1.165) is 22.6 Å². The summed E-state index contributed by atoms with van der Waals surface area (Å²) in [6.45, 7) is 3.78. The monoisotopic (exact) mass is 325 g/mol. The minimum absolute atomic E-state index is 0.103. The van der Waals surface area contributed by atoms with Crippen LogP contribution < -0.4 is 5.32 Å². The van der Waals surface area contributed by atoms with Crippen LogP contribution in [0.4, 0.5) is 5.69 Å². The molecule has 3 aromatic rings. The van der Waals surface area contributed by atoms with Crippen LogP contribution >= 0.6 is 0 Å². The van der Waals surface area contributed by atoms with E-state index in [2.05, 4.69) is 20.6 Å². The lowest BCUT2D eigenvalue weighted by atomic mass is 10.2. The van der Waals surface area contributed by atoms with Gasteiger partial charge in [0.05, 0.1) is 17.1 Å². The Hall–Kier alpha value is -2.96. The first kappa shape index (κ1) is 15.9. The highest BCUT2D eigenvalue weighted by Crippen LogP contribution is 2.19. The number of carbonyl (C=O) groups excluding carboxylic acids is 1. The Morgan fingerprint density at radius 3 is 2.67 bits per heavy atom. The van der Waals surface area contributed by atoms with Crippen LogP contribution in [0.5, 0.6) is 0 Å². The first-order valence-electron chi connectivity index (χ1n) is 7.72. The van der Waals surface area contributed by atoms with Crippen molar-refractivity contribution in [1.82, 2.24) is 19.9 Å². The van der Waals surface area contributed by atoms with Gasteiger partial charge in [0.15, 0.2) is 0 Å². The van der Waals surface area contributed by atoms with Crippen molar-refractivity contribution in [2.75, 3.05) is 5.32 Å². The molecule has 0 saturated carbocycles. The van der Waals surface area contributed by atoms with Crippen molar-refractivity contribution in [2.24, 2.45) is 7.05 Å². The Bertz CT molecular complexity index is 851. The molecule has 0 fully saturated rings. The summed E-state index contributed by atoms with van der Waals surface area (Å²) in [4.78, 5) is 16.5. The minimum atomic E-state index is -0.103. The van der Waals surface area contributed by atoms with Crippen molar-refractivity contribution in [3.63, 3.8) is 0 Å². The van der Waals surface area contributed by atoms with Gasteiger partial charge >= 0.3 is 0 Å². The van der Waals surface area contributed by atoms with Gasteiger partial charge in [-0.15, -0.1) is 0 Å². The molecule has 7 heteroatoms. The fraction of sp³-hybridized carbons (Fsp3) is 0.294. The zero-order valence-electron chi connectivity index (χ0n) is 13.9. The van der Waals surface area contributed by atoms with Crippen LogP contribution in [0.15, 0.2) is 34.9 Å². The molecular weight excluding hydrogens is 306 g/mol. The smallest absolute Gasteiger partial charge is 0.227 e. The molecule has 0 atom stereocenters. The first-order valence-corrected chi connectivity index (χ1v) is 7.72. The summed E-state index contributed by atoms with van der Waals surface area (Å²) >= 11 is 0. The molecule has 1 N–H and O–H groups in total. The second-order valence-corrected chi connectivity index (χ2v) is 5.60. The predicted molar refractivity (Wildman–Crippen MR) is 89.4 cm³/mol. The summed E-state index contributed by atoms with van der Waals surface area (Å²) in [6, 6.07) is 9.58. The van der Waals surface area contributed by atoms with Crippen LogP contribution in [0.25, 0.3) is 11.4 Å². The molecule has 0 aliphatic rings. The van der Waals surface area contributed by atoms with Crippen molar-refractivity contribution in [1.29, 1.82) is 0 Å². The third-order valence-corrected chi connectivity index (χ3v) is 3.84. The SMILES string of the molecule is Cc1nn(C)c(C)c1NC(=O)CCc1nc(-c2ccccc2)no1. The number of amides is 1. The van der Waals surface area contributed by atoms with Gasteiger partial charge in [0, 0.05) is 25.5 Å². The second kappa shape index (κ2) is 6.66. The molecule has 0 radical (unpaired) electrons. The number of aryl methyl sites for hydroxylation is 3. The Morgan fingerprint density at radius 2 is 2.00 bits per heavy atom. The Kier molecular flexibility index (Phi) is 4.41. The van der Waals surface area contributed by atoms with E-state index in [0.29, 0.717) is 18.1 Å². The van der Waals surface area contributed by atoms with Gasteiger partial charge in [-0.2, -0.15) is 10.1 Å². The zero-order chi connectivity index (χ0) is 17.1. The molecule has 0 saturated heterocycles. The highest BCUT2D eigenvalue weighted by molar-refractivity contribution is 5.91. The van der Waals surface area contributed by atoms with E-state index < -0.39 is 0 Å². The number of hydrogen-bond acceptors (Lipinski definition) is 5. The van der Waals surface area contributed by atoms with Crippen molar-refractivity contribution in [3.8, 4) is 11.4 Å². The van der Waals surface area contributed by atoms with E-state index in [4.69, 9.17) is 4.52 Å². The summed E-state index contributed by atoms with van der Waals surface area (Å²) in [5, 5.41) is 11.1. The third-order valence-electron chi connectivity index (χ3n) is 3.84. The minimum Gasteiger partial charge on any atom is -0.339 e. The molecule has 3 rings (SSSR count). The van der Waals surface area contributed by atoms with Gasteiger partial charge in [0.1, 0.15) is 0 Å². The standard InChI is InChI=1S/C17H19N5O2/c1-11-16(12(2)22(3)20-11)18-14(23)9-10-15-19-17(21-24-15)13-7-5-4-6-8-13/h4-8H,9-10H2,1-3H3,(H,18,23). The number of benzene rings is 1. The van der Waals surface area contributed by atoms with Gasteiger partial charge in [-0.25, -0.2) is 0 Å². The fourth-order valence-electron chi connectivity index (χ4n) is 2.44. The number of carbonyl (C=O) groups is 1. The van der Waals surface area contributed by atoms with Crippen LogP contribution in [0.1, 0.15) is 23.7 Å². The number of anilines is 1. The van der Waals surface area contributed by atoms with Gasteiger partial charge in [-0.1, -0.05) is 35.5 Å². The molecule has 0 aliphatic heterocycles. The highest BCUT2D eigenvalue weighted by Gasteiger charge is 2.14. The van der Waals surface area contributed by atoms with Crippen molar-refractivity contribution in [3.05, 3.63) is 47.6 Å². The zero-order valence-corrected chi connectivity index (χ0v) is 13.9. The number of nitrogens with zero attached hydrogens (tertiary/aromatic N) is 4. The van der Waals surface area contributed by atoms with Crippen LogP contribution in [0.2, 0.25) is 0 Å². The van der Waals surface area contributed by atoms with Gasteiger partial charge in [0.2, 0.25) is 17.6 Å². The molecule has 1 amide bonds. The molecule has 1 aromatic carbocycles. The largest absolute Gasteiger partial charge is 0.339 e. The Balaban J connectivity index is 1.60. The number of nitrogens with one attached hydrogen (secondary N) is 1. The van der Waals surface area contributed by atoms with Crippen molar-refractivity contribution < 1.29 is 9.32 Å². The van der Waals surface area contributed by atoms with Gasteiger partial charge < -0.3 is 9.84 Å². The van der Waals surface area contributed by atoms with E-state index in [-0.39, 0.29) is 12.3 Å². The van der Waals surface area contributed by atoms with Gasteiger partial charge in [0.25, 0.3) is 0 Å². The van der Waals surface area contributed by atoms with Gasteiger partial charge in [-0.3, -0.25) is 9.48 Å². The number of rotatable bonds is 5. The summed E-state index contributed by atoms with van der Waals surface area (Å²) in [5.74, 6) is 0.877. The molecule has 0 spiro atoms. The lowest BCUT2D eigenvalue weighted by molar-refractivity contribution is -0.116. The molecule has 7 nitrogen and oxygen atoms in total. The molecular formula is C17H19N5O2. The Morgan fingerprint density at radius 1 is 1.25 bits per heavy atom. The molecule has 0 unspecified atom stereocenters. The van der Waals surface area contributed by atoms with Crippen LogP contribution in [0.3, 0.4) is 0 Å². The molecule has 2 aromatic heterocycles. The van der Waals surface area contributed by atoms with Crippen LogP contribution in [-0.2, 0) is 18.3 Å². The molecule has 124 valence electrons. The van der Waals surface area contributed by atoms with E-state index in [1.807, 2.05) is 51.2 Å². The number of aromatic nitrogens is 4. The van der Waals surface area contributed by atoms with Crippen LogP contribution in [0, 0.1) is 13.8 Å². The first-order chi connectivity index (χ1) is 11.5. The topological polar surface area (TPSA) is 85.8 Å². The quantitative estimate of drug-likeness (QED) is 0.779. The molecule has 2 heterocycles. The van der Waals surface area contributed by atoms with Crippen molar-refractivity contribution >= 4 is 11.6 Å². The van der Waals surface area contributed by atoms with Crippen molar-refractivity contribution in [2.45, 2.75) is 26.7 Å². The lowest BCUT2D eigenvalue weighted by Gasteiger charge is -2.04. The highest BCUT2D eigenvalue weighted by atomic mass is 16.5. The Labute approximate surface area is 139 Å². The van der Waals surface area contributed by atoms with Gasteiger partial charge in [-0.05, 0) is 13.8 Å². The molecule has 24 heavy (non-hydrogen) atoms. The van der Waals surface area contributed by atoms with E-state index in [1.165, 1.54) is 0 Å². The summed E-state index contributed by atoms with van der Waals surface area (Å²) in [6.07, 6.45) is 0.661. The summed E-state index contributed by atoms with van der Waals surface area (Å²) < 4.78 is 6.96. The summed E-state index contributed by atoms with van der Waals surface area (Å²) in [7, 11) is 1.85. The summed E-state index contributed by atoms with van der Waals surface area (Å²) in [5.41, 5.74) is 3.37.